The number of nitrogens with zero attached hydrogens (tertiary/aromatic N) is 3. The summed E-state index contributed by atoms with van der Waals surface area (Å²) in [4.78, 5) is 16.8. The molecular formula is C22H19N3O. The molecule has 0 N–H and O–H groups in total. The summed E-state index contributed by atoms with van der Waals surface area (Å²) in [5.41, 5.74) is 2.50. The number of hydrogen-bond acceptors (Lipinski definition) is 3. The topological polar surface area (TPSA) is 47.3 Å². The van der Waals surface area contributed by atoms with Crippen molar-refractivity contribution in [1.82, 2.24) is 0 Å². The van der Waals surface area contributed by atoms with Gasteiger partial charge in [-0.2, -0.15) is 5.26 Å². The monoisotopic (exact) mass is 341 g/mol. The maximum absolute atomic E-state index is 13.0. The highest BCUT2D eigenvalue weighted by atomic mass is 16.2. The smallest absolute Gasteiger partial charge is 0.249 e. The van der Waals surface area contributed by atoms with Crippen molar-refractivity contribution in [3.63, 3.8) is 0 Å². The van der Waals surface area contributed by atoms with Gasteiger partial charge in [-0.25, -0.2) is 0 Å². The average molecular weight is 341 g/mol. The van der Waals surface area contributed by atoms with E-state index in [1.807, 2.05) is 36.2 Å². The Balaban J connectivity index is 1.57. The number of rotatable bonds is 3. The van der Waals surface area contributed by atoms with E-state index < -0.39 is 0 Å². The fourth-order valence-corrected chi connectivity index (χ4v) is 3.57. The molecule has 3 aromatic rings. The Bertz CT molecular complexity index is 1000. The lowest BCUT2D eigenvalue weighted by Crippen LogP contribution is -2.39. The van der Waals surface area contributed by atoms with Crippen LogP contribution < -0.4 is 9.80 Å². The van der Waals surface area contributed by atoms with Crippen LogP contribution in [-0.4, -0.2) is 25.5 Å². The number of carbonyl (C=O) groups excluding carboxylic acids is 1. The molecule has 26 heavy (non-hydrogen) atoms. The molecule has 3 aromatic carbocycles. The third kappa shape index (κ3) is 2.78. The van der Waals surface area contributed by atoms with Crippen LogP contribution in [0.1, 0.15) is 12.0 Å². The van der Waals surface area contributed by atoms with Gasteiger partial charge >= 0.3 is 0 Å². The van der Waals surface area contributed by atoms with Crippen LogP contribution in [0.4, 0.5) is 11.4 Å². The third-order valence-electron chi connectivity index (χ3n) is 5.09. The van der Waals surface area contributed by atoms with E-state index in [1.54, 1.807) is 12.1 Å². The summed E-state index contributed by atoms with van der Waals surface area (Å²) in [6.45, 7) is 0.688. The molecular weight excluding hydrogens is 322 g/mol. The van der Waals surface area contributed by atoms with Gasteiger partial charge in [0.25, 0.3) is 0 Å². The molecule has 1 atom stereocenters. The van der Waals surface area contributed by atoms with Crippen molar-refractivity contribution in [3.05, 3.63) is 72.3 Å². The molecule has 4 rings (SSSR count). The van der Waals surface area contributed by atoms with E-state index in [0.717, 1.165) is 17.8 Å². The largest absolute Gasteiger partial charge is 0.363 e. The molecule has 4 nitrogen and oxygen atoms in total. The van der Waals surface area contributed by atoms with E-state index >= 15 is 0 Å². The van der Waals surface area contributed by atoms with Gasteiger partial charge in [-0.15, -0.1) is 0 Å². The number of carbonyl (C=O) groups is 1. The lowest BCUT2D eigenvalue weighted by Gasteiger charge is -2.26. The van der Waals surface area contributed by atoms with E-state index in [-0.39, 0.29) is 11.9 Å². The van der Waals surface area contributed by atoms with Gasteiger partial charge < -0.3 is 9.80 Å². The molecule has 128 valence electrons. The summed E-state index contributed by atoms with van der Waals surface area (Å²) in [5, 5.41) is 11.3. The minimum Gasteiger partial charge on any atom is -0.363 e. The molecule has 0 aliphatic carbocycles. The Morgan fingerprint density at radius 2 is 1.77 bits per heavy atom. The first kappa shape index (κ1) is 16.2. The fraction of sp³-hybridized carbons (Fsp3) is 0.182. The molecule has 0 saturated carbocycles. The molecule has 0 radical (unpaired) electrons. The van der Waals surface area contributed by atoms with E-state index in [9.17, 15) is 4.79 Å². The van der Waals surface area contributed by atoms with Crippen LogP contribution >= 0.6 is 0 Å². The molecule has 1 heterocycles. The highest BCUT2D eigenvalue weighted by Gasteiger charge is 2.35. The van der Waals surface area contributed by atoms with E-state index in [2.05, 4.69) is 41.3 Å². The van der Waals surface area contributed by atoms with E-state index in [1.165, 1.54) is 10.8 Å². The van der Waals surface area contributed by atoms with Gasteiger partial charge in [-0.3, -0.25) is 4.79 Å². The standard InChI is InChI=1S/C22H19N3O/c1-24(20-11-8-17-4-2-3-5-18(17)14-20)21-12-13-25(22(21)26)19-9-6-16(15-23)7-10-19/h2-11,14,21H,12-13H2,1H3. The summed E-state index contributed by atoms with van der Waals surface area (Å²) in [7, 11) is 1.98. The molecule has 4 heteroatoms. The summed E-state index contributed by atoms with van der Waals surface area (Å²) in [6, 6.07) is 23.7. The maximum atomic E-state index is 13.0. The van der Waals surface area contributed by atoms with Crippen LogP contribution in [0.3, 0.4) is 0 Å². The Labute approximate surface area is 152 Å². The van der Waals surface area contributed by atoms with Gasteiger partial charge in [0.05, 0.1) is 11.6 Å². The predicted octanol–water partition coefficient (Wildman–Crippen LogP) is 3.95. The van der Waals surface area contributed by atoms with Crippen LogP contribution in [0.2, 0.25) is 0 Å². The number of fused-ring (bicyclic) bond motifs is 1. The van der Waals surface area contributed by atoms with Gasteiger partial charge in [-0.1, -0.05) is 30.3 Å². The molecule has 0 aromatic heterocycles. The first-order valence-electron chi connectivity index (χ1n) is 8.70. The predicted molar refractivity (Wildman–Crippen MR) is 104 cm³/mol. The molecule has 1 unspecified atom stereocenters. The van der Waals surface area contributed by atoms with Crippen molar-refractivity contribution in [2.45, 2.75) is 12.5 Å². The number of benzene rings is 3. The van der Waals surface area contributed by atoms with E-state index in [0.29, 0.717) is 12.1 Å². The third-order valence-corrected chi connectivity index (χ3v) is 5.09. The molecule has 0 bridgehead atoms. The number of amides is 1. The molecule has 0 spiro atoms. The lowest BCUT2D eigenvalue weighted by molar-refractivity contribution is -0.118. The fourth-order valence-electron chi connectivity index (χ4n) is 3.57. The summed E-state index contributed by atoms with van der Waals surface area (Å²) < 4.78 is 0. The number of nitriles is 1. The average Bonchev–Trinajstić information content (AvgIpc) is 3.08. The molecule has 1 amide bonds. The Hall–Kier alpha value is -3.32. The van der Waals surface area contributed by atoms with Crippen molar-refractivity contribution in [1.29, 1.82) is 5.26 Å². The van der Waals surface area contributed by atoms with Crippen molar-refractivity contribution >= 4 is 28.1 Å². The van der Waals surface area contributed by atoms with Crippen molar-refractivity contribution in [2.75, 3.05) is 23.4 Å². The highest BCUT2D eigenvalue weighted by Crippen LogP contribution is 2.29. The van der Waals surface area contributed by atoms with Crippen molar-refractivity contribution in [3.8, 4) is 6.07 Å². The minimum atomic E-state index is -0.174. The van der Waals surface area contributed by atoms with Gasteiger partial charge in [0.15, 0.2) is 0 Å². The van der Waals surface area contributed by atoms with Crippen LogP contribution in [0.25, 0.3) is 10.8 Å². The highest BCUT2D eigenvalue weighted by molar-refractivity contribution is 6.01. The number of anilines is 2. The van der Waals surface area contributed by atoms with Crippen molar-refractivity contribution < 1.29 is 4.79 Å². The van der Waals surface area contributed by atoms with Crippen LogP contribution in [0.15, 0.2) is 66.7 Å². The first-order valence-corrected chi connectivity index (χ1v) is 8.70. The van der Waals surface area contributed by atoms with Crippen LogP contribution in [-0.2, 0) is 4.79 Å². The first-order chi connectivity index (χ1) is 12.7. The zero-order valence-electron chi connectivity index (χ0n) is 14.6. The second kappa shape index (κ2) is 6.53. The zero-order valence-corrected chi connectivity index (χ0v) is 14.6. The molecule has 1 fully saturated rings. The molecule has 1 saturated heterocycles. The van der Waals surface area contributed by atoms with Gasteiger partial charge in [0.1, 0.15) is 6.04 Å². The summed E-state index contributed by atoms with van der Waals surface area (Å²) in [6.07, 6.45) is 0.780. The molecule has 1 aliphatic heterocycles. The Morgan fingerprint density at radius 3 is 2.50 bits per heavy atom. The maximum Gasteiger partial charge on any atom is 0.249 e. The SMILES string of the molecule is CN(c1ccc2ccccc2c1)C1CCN(c2ccc(C#N)cc2)C1=O. The quantitative estimate of drug-likeness (QED) is 0.724. The zero-order chi connectivity index (χ0) is 18.1. The number of hydrogen-bond donors (Lipinski definition) is 0. The van der Waals surface area contributed by atoms with Gasteiger partial charge in [-0.05, 0) is 53.6 Å². The normalized spacial score (nSPS) is 16.7. The summed E-state index contributed by atoms with van der Waals surface area (Å²) in [5.74, 6) is 0.102. The second-order valence-electron chi connectivity index (χ2n) is 6.60. The van der Waals surface area contributed by atoms with Crippen LogP contribution in [0, 0.1) is 11.3 Å². The summed E-state index contributed by atoms with van der Waals surface area (Å²) >= 11 is 0. The van der Waals surface area contributed by atoms with Crippen LogP contribution in [0.5, 0.6) is 0 Å². The second-order valence-corrected chi connectivity index (χ2v) is 6.60. The Morgan fingerprint density at radius 1 is 1.04 bits per heavy atom. The van der Waals surface area contributed by atoms with E-state index in [4.69, 9.17) is 5.26 Å². The lowest BCUT2D eigenvalue weighted by atomic mass is 10.1. The Kier molecular flexibility index (Phi) is 4.06. The van der Waals surface area contributed by atoms with Gasteiger partial charge in [0.2, 0.25) is 5.91 Å². The molecule has 1 aliphatic rings. The number of likely N-dealkylation sites (N-methyl/N-ethyl adjacent to an activating group) is 1. The van der Waals surface area contributed by atoms with Crippen molar-refractivity contribution in [2.24, 2.45) is 0 Å². The van der Waals surface area contributed by atoms with Gasteiger partial charge in [0, 0.05) is 25.0 Å². The minimum absolute atomic E-state index is 0.102.